The van der Waals surface area contributed by atoms with Crippen molar-refractivity contribution in [1.82, 2.24) is 15.3 Å². The van der Waals surface area contributed by atoms with E-state index in [2.05, 4.69) is 24.8 Å². The molecule has 34 heavy (non-hydrogen) atoms. The number of halogens is 4. The fraction of sp³-hybridized carbons (Fsp3) is 0.261. The lowest BCUT2D eigenvalue weighted by Crippen LogP contribution is -2.32. The van der Waals surface area contributed by atoms with Crippen molar-refractivity contribution in [2.45, 2.75) is 39.2 Å². The number of nitrogens with zero attached hydrogens (tertiary/aromatic N) is 2. The van der Waals surface area contributed by atoms with Gasteiger partial charge in [-0.3, -0.25) is 9.78 Å². The molecule has 1 amide bonds. The van der Waals surface area contributed by atoms with Crippen molar-refractivity contribution < 1.29 is 36.9 Å². The van der Waals surface area contributed by atoms with Crippen molar-refractivity contribution in [3.63, 3.8) is 0 Å². The molecule has 0 radical (unpaired) electrons. The molecule has 3 rings (SSSR count). The van der Waals surface area contributed by atoms with Crippen LogP contribution in [-0.4, -0.2) is 40.3 Å². The molecule has 1 atom stereocenters. The maximum atomic E-state index is 12.9. The maximum Gasteiger partial charge on any atom is 0.388 e. The second-order valence-corrected chi connectivity index (χ2v) is 7.20. The minimum atomic E-state index is -3.08. The first-order valence-corrected chi connectivity index (χ1v) is 10.1. The van der Waals surface area contributed by atoms with E-state index in [1.54, 1.807) is 30.5 Å². The summed E-state index contributed by atoms with van der Waals surface area (Å²) in [5, 5.41) is 11.7. The van der Waals surface area contributed by atoms with Gasteiger partial charge in [0.05, 0.1) is 12.2 Å². The van der Waals surface area contributed by atoms with Crippen molar-refractivity contribution >= 4 is 5.91 Å². The summed E-state index contributed by atoms with van der Waals surface area (Å²) in [5.41, 5.74) is 2.68. The van der Waals surface area contributed by atoms with Crippen molar-refractivity contribution in [2.75, 3.05) is 0 Å². The summed E-state index contributed by atoms with van der Waals surface area (Å²) in [5.74, 6) is -0.999. The summed E-state index contributed by atoms with van der Waals surface area (Å²) in [6.45, 7) is -4.65. The smallest absolute Gasteiger partial charge is 0.388 e. The van der Waals surface area contributed by atoms with Crippen molar-refractivity contribution in [2.24, 2.45) is 0 Å². The summed E-state index contributed by atoms with van der Waals surface area (Å²) >= 11 is 0. The van der Waals surface area contributed by atoms with Crippen LogP contribution >= 0.6 is 0 Å². The number of aliphatic hydroxyl groups excluding tert-OH is 1. The van der Waals surface area contributed by atoms with Crippen LogP contribution in [0.25, 0.3) is 11.1 Å². The molecule has 0 aliphatic carbocycles. The molecule has 0 fully saturated rings. The first-order valence-electron chi connectivity index (χ1n) is 10.1. The second-order valence-electron chi connectivity index (χ2n) is 7.20. The van der Waals surface area contributed by atoms with Gasteiger partial charge in [-0.15, -0.1) is 0 Å². The van der Waals surface area contributed by atoms with Crippen LogP contribution in [0.2, 0.25) is 0 Å². The number of nitrogens with one attached hydrogen (secondary N) is 1. The minimum Gasteiger partial charge on any atom is -0.434 e. The van der Waals surface area contributed by atoms with Gasteiger partial charge in [-0.1, -0.05) is 12.1 Å². The fourth-order valence-corrected chi connectivity index (χ4v) is 3.07. The number of benzene rings is 1. The molecule has 180 valence electrons. The highest BCUT2D eigenvalue weighted by Gasteiger charge is 2.15. The van der Waals surface area contributed by atoms with Crippen LogP contribution in [0.15, 0.2) is 54.9 Å². The summed E-state index contributed by atoms with van der Waals surface area (Å²) in [6.07, 6.45) is 2.10. The number of ether oxygens (including phenoxy) is 2. The van der Waals surface area contributed by atoms with Gasteiger partial charge in [-0.2, -0.15) is 17.6 Å². The van der Waals surface area contributed by atoms with Gasteiger partial charge in [0.25, 0.3) is 0 Å². The SMILES string of the molecule is C[C@H](O)C(=O)NCc1ccc(Cc2ccc(OC(F)F)c(-c3ccnc(OC(F)F)c3)c2)cn1. The first-order chi connectivity index (χ1) is 16.2. The van der Waals surface area contributed by atoms with E-state index in [1.165, 1.54) is 31.3 Å². The topological polar surface area (TPSA) is 93.6 Å². The van der Waals surface area contributed by atoms with E-state index >= 15 is 0 Å². The van der Waals surface area contributed by atoms with Crippen molar-refractivity contribution in [3.8, 4) is 22.8 Å². The molecule has 2 N–H and O–H groups in total. The highest BCUT2D eigenvalue weighted by Crippen LogP contribution is 2.34. The monoisotopic (exact) mass is 479 g/mol. The van der Waals surface area contributed by atoms with Crippen LogP contribution in [0.1, 0.15) is 23.7 Å². The Morgan fingerprint density at radius 3 is 2.38 bits per heavy atom. The Kier molecular flexibility index (Phi) is 8.36. The van der Waals surface area contributed by atoms with Crippen LogP contribution < -0.4 is 14.8 Å². The quantitative estimate of drug-likeness (QED) is 0.428. The fourth-order valence-electron chi connectivity index (χ4n) is 3.07. The van der Waals surface area contributed by atoms with Crippen LogP contribution in [0, 0.1) is 0 Å². The van der Waals surface area contributed by atoms with E-state index in [0.29, 0.717) is 17.7 Å². The number of alkyl halides is 4. The third kappa shape index (κ3) is 7.14. The molecule has 7 nitrogen and oxygen atoms in total. The van der Waals surface area contributed by atoms with Crippen LogP contribution in [-0.2, 0) is 17.8 Å². The van der Waals surface area contributed by atoms with Gasteiger partial charge in [0.1, 0.15) is 11.9 Å². The molecule has 0 bridgehead atoms. The second kappa shape index (κ2) is 11.4. The Bertz CT molecular complexity index is 1110. The molecule has 2 aromatic heterocycles. The largest absolute Gasteiger partial charge is 0.434 e. The summed E-state index contributed by atoms with van der Waals surface area (Å²) < 4.78 is 59.8. The molecule has 0 aliphatic rings. The van der Waals surface area contributed by atoms with Crippen LogP contribution in [0.3, 0.4) is 0 Å². The Hall–Kier alpha value is -3.73. The average Bonchev–Trinajstić information content (AvgIpc) is 2.78. The number of hydrogen-bond donors (Lipinski definition) is 2. The van der Waals surface area contributed by atoms with E-state index in [9.17, 15) is 27.5 Å². The predicted octanol–water partition coefficient (Wildman–Crippen LogP) is 3.93. The Balaban J connectivity index is 1.81. The third-order valence-electron chi connectivity index (χ3n) is 4.63. The number of hydrogen-bond acceptors (Lipinski definition) is 6. The van der Waals surface area contributed by atoms with E-state index in [4.69, 9.17) is 0 Å². The molecular formula is C23H21F4N3O4. The zero-order valence-corrected chi connectivity index (χ0v) is 17.9. The van der Waals surface area contributed by atoms with Crippen LogP contribution in [0.5, 0.6) is 11.6 Å². The lowest BCUT2D eigenvalue weighted by atomic mass is 9.99. The van der Waals surface area contributed by atoms with E-state index in [0.717, 1.165) is 11.1 Å². The molecule has 0 unspecified atom stereocenters. The number of aliphatic hydroxyl groups is 1. The number of rotatable bonds is 10. The lowest BCUT2D eigenvalue weighted by Gasteiger charge is -2.14. The average molecular weight is 479 g/mol. The number of carbonyl (C=O) groups excluding carboxylic acids is 1. The summed E-state index contributed by atoms with van der Waals surface area (Å²) in [7, 11) is 0. The van der Waals surface area contributed by atoms with Gasteiger partial charge in [0.2, 0.25) is 11.8 Å². The van der Waals surface area contributed by atoms with E-state index in [1.807, 2.05) is 0 Å². The molecule has 0 saturated heterocycles. The van der Waals surface area contributed by atoms with Gasteiger partial charge in [-0.05, 0) is 54.3 Å². The Morgan fingerprint density at radius 1 is 1.00 bits per heavy atom. The zero-order chi connectivity index (χ0) is 24.7. The lowest BCUT2D eigenvalue weighted by molar-refractivity contribution is -0.128. The molecule has 0 spiro atoms. The number of pyridine rings is 2. The predicted molar refractivity (Wildman–Crippen MR) is 114 cm³/mol. The van der Waals surface area contributed by atoms with E-state index in [-0.39, 0.29) is 23.7 Å². The number of aromatic nitrogens is 2. The highest BCUT2D eigenvalue weighted by molar-refractivity contribution is 5.79. The zero-order valence-electron chi connectivity index (χ0n) is 17.9. The van der Waals surface area contributed by atoms with Gasteiger partial charge < -0.3 is 19.9 Å². The molecule has 0 saturated carbocycles. The molecule has 0 aliphatic heterocycles. The standard InChI is InChI=1S/C23H21F4N3O4/c1-13(31)21(32)30-12-17-4-2-15(11-29-17)8-14-3-5-19(33-22(24)25)18(9-14)16-6-7-28-20(10-16)34-23(26)27/h2-7,9-11,13,22-23,31H,8,12H2,1H3,(H,30,32)/t13-/m0/s1. The van der Waals surface area contributed by atoms with Gasteiger partial charge in [0.15, 0.2) is 0 Å². The third-order valence-corrected chi connectivity index (χ3v) is 4.63. The highest BCUT2D eigenvalue weighted by atomic mass is 19.3. The van der Waals surface area contributed by atoms with E-state index < -0.39 is 25.2 Å². The summed E-state index contributed by atoms with van der Waals surface area (Å²) in [6, 6.07) is 10.8. The normalized spacial score (nSPS) is 12.0. The molecule has 11 heteroatoms. The van der Waals surface area contributed by atoms with Crippen LogP contribution in [0.4, 0.5) is 17.6 Å². The summed E-state index contributed by atoms with van der Waals surface area (Å²) in [4.78, 5) is 19.4. The molecule has 2 heterocycles. The Labute approximate surface area is 192 Å². The minimum absolute atomic E-state index is 0.129. The maximum absolute atomic E-state index is 12.9. The number of amides is 1. The molecular weight excluding hydrogens is 458 g/mol. The van der Waals surface area contributed by atoms with Crippen molar-refractivity contribution in [1.29, 1.82) is 0 Å². The Morgan fingerprint density at radius 2 is 1.74 bits per heavy atom. The first kappa shape index (κ1) is 24.9. The van der Waals surface area contributed by atoms with Gasteiger partial charge >= 0.3 is 13.2 Å². The van der Waals surface area contributed by atoms with Gasteiger partial charge in [-0.25, -0.2) is 4.98 Å². The molecule has 3 aromatic rings. The molecule has 1 aromatic carbocycles. The van der Waals surface area contributed by atoms with Crippen molar-refractivity contribution in [3.05, 3.63) is 71.7 Å². The van der Waals surface area contributed by atoms with Gasteiger partial charge in [0, 0.05) is 24.0 Å². The number of carbonyl (C=O) groups is 1.